The Hall–Kier alpha value is -0.860. The third kappa shape index (κ3) is 3.60. The van der Waals surface area contributed by atoms with Crippen LogP contribution in [0.3, 0.4) is 0 Å². The Bertz CT molecular complexity index is 756. The number of ether oxygens (including phenoxy) is 2. The molecule has 0 spiro atoms. The largest absolute Gasteiger partial charge is 0.495 e. The average molecular weight is 403 g/mol. The summed E-state index contributed by atoms with van der Waals surface area (Å²) in [5, 5.41) is 0.303. The Morgan fingerprint density at radius 3 is 2.35 bits per heavy atom. The zero-order valence-corrected chi connectivity index (χ0v) is 17.3. The second-order valence-electron chi connectivity index (χ2n) is 7.42. The molecule has 0 aromatic heterocycles. The molecule has 2 fully saturated rings. The van der Waals surface area contributed by atoms with Crippen LogP contribution < -0.4 is 4.74 Å². The van der Waals surface area contributed by atoms with Crippen LogP contribution in [-0.4, -0.2) is 71.2 Å². The summed E-state index contributed by atoms with van der Waals surface area (Å²) >= 11 is 6.13. The summed E-state index contributed by atoms with van der Waals surface area (Å²) in [6.07, 6.45) is 1.98. The Kier molecular flexibility index (Phi) is 5.84. The maximum atomic E-state index is 13.1. The number of benzene rings is 1. The lowest BCUT2D eigenvalue weighted by Gasteiger charge is -2.40. The molecule has 8 heteroatoms. The van der Waals surface area contributed by atoms with E-state index in [0.717, 1.165) is 12.8 Å². The molecule has 1 saturated carbocycles. The molecular weight excluding hydrogens is 376 g/mol. The number of hydrogen-bond acceptors (Lipinski definition) is 5. The zero-order chi connectivity index (χ0) is 19.1. The molecule has 0 amide bonds. The van der Waals surface area contributed by atoms with Crippen molar-refractivity contribution in [2.45, 2.75) is 29.9 Å². The molecule has 0 bridgehead atoms. The van der Waals surface area contributed by atoms with Gasteiger partial charge in [0.1, 0.15) is 5.75 Å². The second-order valence-corrected chi connectivity index (χ2v) is 9.76. The lowest BCUT2D eigenvalue weighted by molar-refractivity contribution is -0.0209. The van der Waals surface area contributed by atoms with Gasteiger partial charge in [-0.2, -0.15) is 4.31 Å². The summed E-state index contributed by atoms with van der Waals surface area (Å²) in [5.41, 5.74) is 0. The second kappa shape index (κ2) is 7.64. The predicted octanol–water partition coefficient (Wildman–Crippen LogP) is 2.32. The molecule has 0 radical (unpaired) electrons. The molecule has 0 N–H and O–H groups in total. The number of rotatable bonds is 5. The van der Waals surface area contributed by atoms with Crippen molar-refractivity contribution >= 4 is 21.6 Å². The topological polar surface area (TPSA) is 59.1 Å². The Morgan fingerprint density at radius 2 is 1.81 bits per heavy atom. The van der Waals surface area contributed by atoms with Crippen molar-refractivity contribution in [3.8, 4) is 5.75 Å². The molecule has 3 rings (SSSR count). The van der Waals surface area contributed by atoms with Crippen molar-refractivity contribution < 1.29 is 17.9 Å². The van der Waals surface area contributed by atoms with Crippen molar-refractivity contribution in [2.75, 3.05) is 41.4 Å². The average Bonchev–Trinajstić information content (AvgIpc) is 3.04. The highest BCUT2D eigenvalue weighted by molar-refractivity contribution is 7.89. The molecule has 26 heavy (non-hydrogen) atoms. The number of fused-ring (bicyclic) bond motifs is 1. The lowest BCUT2D eigenvalue weighted by Crippen LogP contribution is -2.47. The van der Waals surface area contributed by atoms with E-state index in [4.69, 9.17) is 21.1 Å². The summed E-state index contributed by atoms with van der Waals surface area (Å²) in [5.74, 6) is 1.16. The van der Waals surface area contributed by atoms with Gasteiger partial charge < -0.3 is 14.4 Å². The Balaban J connectivity index is 1.80. The van der Waals surface area contributed by atoms with E-state index < -0.39 is 10.0 Å². The van der Waals surface area contributed by atoms with Gasteiger partial charge in [-0.1, -0.05) is 11.6 Å². The fourth-order valence-corrected chi connectivity index (χ4v) is 6.20. The predicted molar refractivity (Wildman–Crippen MR) is 101 cm³/mol. The van der Waals surface area contributed by atoms with E-state index in [0.29, 0.717) is 41.7 Å². The first kappa shape index (κ1) is 19.9. The van der Waals surface area contributed by atoms with Gasteiger partial charge in [-0.05, 0) is 57.0 Å². The van der Waals surface area contributed by atoms with Gasteiger partial charge in [0.15, 0.2) is 0 Å². The van der Waals surface area contributed by atoms with E-state index in [2.05, 4.69) is 19.0 Å². The third-order valence-electron chi connectivity index (χ3n) is 5.78. The molecule has 1 aliphatic carbocycles. The van der Waals surface area contributed by atoms with Crippen LogP contribution in [0.5, 0.6) is 5.75 Å². The van der Waals surface area contributed by atoms with Crippen LogP contribution in [0, 0.1) is 11.8 Å². The van der Waals surface area contributed by atoms with Crippen LogP contribution in [0.1, 0.15) is 12.8 Å². The maximum absolute atomic E-state index is 13.1. The van der Waals surface area contributed by atoms with Crippen molar-refractivity contribution in [3.63, 3.8) is 0 Å². The first-order valence-electron chi connectivity index (χ1n) is 8.80. The van der Waals surface area contributed by atoms with Gasteiger partial charge >= 0.3 is 0 Å². The highest BCUT2D eigenvalue weighted by Gasteiger charge is 2.46. The Labute approximate surface area is 161 Å². The van der Waals surface area contributed by atoms with Gasteiger partial charge in [-0.3, -0.25) is 0 Å². The van der Waals surface area contributed by atoms with Crippen LogP contribution in [-0.2, 0) is 14.8 Å². The van der Waals surface area contributed by atoms with Gasteiger partial charge in [0.25, 0.3) is 0 Å². The van der Waals surface area contributed by atoms with Crippen molar-refractivity contribution in [1.29, 1.82) is 0 Å². The molecule has 1 aromatic rings. The highest BCUT2D eigenvalue weighted by Crippen LogP contribution is 2.41. The summed E-state index contributed by atoms with van der Waals surface area (Å²) in [7, 11) is 3.79. The first-order chi connectivity index (χ1) is 12.3. The van der Waals surface area contributed by atoms with Gasteiger partial charge in [-0.25, -0.2) is 8.42 Å². The van der Waals surface area contributed by atoms with Crippen LogP contribution in [0.2, 0.25) is 5.02 Å². The smallest absolute Gasteiger partial charge is 0.243 e. The SMILES string of the molecule is COc1ccc(S(=O)(=O)N2C[C@H]3C[C@@H](N(C)C)[C@H](OC)C[C@H]3C2)cc1Cl. The minimum absolute atomic E-state index is 0.143. The lowest BCUT2D eigenvalue weighted by atomic mass is 9.77. The van der Waals surface area contributed by atoms with E-state index >= 15 is 0 Å². The summed E-state index contributed by atoms with van der Waals surface area (Å²) < 4.78 is 38.6. The molecule has 1 aliphatic heterocycles. The standard InChI is InChI=1S/C18H27ClN2O4S/c1-20(2)16-7-12-10-21(11-13(12)8-18(16)25-4)26(22,23)14-5-6-17(24-3)15(19)9-14/h5-6,9,12-13,16,18H,7-8,10-11H2,1-4H3/t12-,13+,16-,18-/m1/s1. The van der Waals surface area contributed by atoms with Gasteiger partial charge in [0.05, 0.1) is 23.1 Å². The molecule has 2 aliphatic rings. The molecule has 146 valence electrons. The minimum Gasteiger partial charge on any atom is -0.495 e. The summed E-state index contributed by atoms with van der Waals surface area (Å²) in [6.45, 7) is 1.09. The van der Waals surface area contributed by atoms with E-state index in [-0.39, 0.29) is 11.0 Å². The molecule has 4 atom stereocenters. The Morgan fingerprint density at radius 1 is 1.15 bits per heavy atom. The van der Waals surface area contributed by atoms with Gasteiger partial charge in [0.2, 0.25) is 10.0 Å². The van der Waals surface area contributed by atoms with E-state index in [1.54, 1.807) is 23.5 Å². The summed E-state index contributed by atoms with van der Waals surface area (Å²) in [6, 6.07) is 4.95. The van der Waals surface area contributed by atoms with Crippen molar-refractivity contribution in [2.24, 2.45) is 11.8 Å². The number of halogens is 1. The summed E-state index contributed by atoms with van der Waals surface area (Å²) in [4.78, 5) is 2.40. The fourth-order valence-electron chi connectivity index (χ4n) is 4.30. The zero-order valence-electron chi connectivity index (χ0n) is 15.7. The quantitative estimate of drug-likeness (QED) is 0.756. The van der Waals surface area contributed by atoms with Gasteiger partial charge in [-0.15, -0.1) is 0 Å². The molecule has 1 heterocycles. The van der Waals surface area contributed by atoms with Crippen LogP contribution >= 0.6 is 11.6 Å². The van der Waals surface area contributed by atoms with Crippen LogP contribution in [0.25, 0.3) is 0 Å². The molecule has 0 unspecified atom stereocenters. The van der Waals surface area contributed by atoms with Crippen molar-refractivity contribution in [1.82, 2.24) is 9.21 Å². The first-order valence-corrected chi connectivity index (χ1v) is 10.6. The molecule has 6 nitrogen and oxygen atoms in total. The van der Waals surface area contributed by atoms with E-state index in [1.807, 2.05) is 0 Å². The molecule has 1 saturated heterocycles. The molecule has 1 aromatic carbocycles. The number of nitrogens with zero attached hydrogens (tertiary/aromatic N) is 2. The van der Waals surface area contributed by atoms with Crippen LogP contribution in [0.15, 0.2) is 23.1 Å². The highest BCUT2D eigenvalue weighted by atomic mass is 35.5. The monoisotopic (exact) mass is 402 g/mol. The van der Waals surface area contributed by atoms with E-state index in [1.165, 1.54) is 13.2 Å². The van der Waals surface area contributed by atoms with Gasteiger partial charge in [0, 0.05) is 26.2 Å². The third-order valence-corrected chi connectivity index (χ3v) is 7.90. The van der Waals surface area contributed by atoms with Crippen molar-refractivity contribution in [3.05, 3.63) is 23.2 Å². The number of likely N-dealkylation sites (N-methyl/N-ethyl adjacent to an activating group) is 1. The number of methoxy groups -OCH3 is 2. The molecular formula is C18H27ClN2O4S. The normalized spacial score (nSPS) is 29.8. The maximum Gasteiger partial charge on any atom is 0.243 e. The fraction of sp³-hybridized carbons (Fsp3) is 0.667. The number of sulfonamides is 1. The van der Waals surface area contributed by atoms with Crippen LogP contribution in [0.4, 0.5) is 0 Å². The van der Waals surface area contributed by atoms with E-state index in [9.17, 15) is 8.42 Å². The number of hydrogen-bond donors (Lipinski definition) is 0. The minimum atomic E-state index is -3.57.